The third-order valence-corrected chi connectivity index (χ3v) is 5.63. The maximum Gasteiger partial charge on any atom is 0.110 e. The predicted octanol–water partition coefficient (Wildman–Crippen LogP) is 2.42. The van der Waals surface area contributed by atoms with Crippen molar-refractivity contribution in [1.82, 2.24) is 16.0 Å². The van der Waals surface area contributed by atoms with Crippen LogP contribution in [0.5, 0.6) is 0 Å². The molecule has 2 radical (unpaired) electrons. The summed E-state index contributed by atoms with van der Waals surface area (Å²) in [5.74, 6) is 3.30. The van der Waals surface area contributed by atoms with Crippen molar-refractivity contribution in [3.05, 3.63) is 23.2 Å². The highest BCUT2D eigenvalue weighted by Gasteiger charge is 2.37. The van der Waals surface area contributed by atoms with Crippen LogP contribution in [0.15, 0.2) is 23.2 Å². The molecule has 22 heavy (non-hydrogen) atoms. The molecule has 1 fully saturated rings. The molecule has 5 atom stereocenters. The fourth-order valence-electron chi connectivity index (χ4n) is 3.22. The number of allylic oxidation sites excluding steroid dienone is 1. The molecule has 2 rings (SSSR count). The monoisotopic (exact) mass is 319 g/mol. The van der Waals surface area contributed by atoms with Gasteiger partial charge in [0.1, 0.15) is 7.85 Å². The van der Waals surface area contributed by atoms with Gasteiger partial charge in [-0.25, -0.2) is 0 Å². The first-order chi connectivity index (χ1) is 10.7. The molecule has 1 aliphatic heterocycles. The lowest BCUT2D eigenvalue weighted by Gasteiger charge is -2.37. The van der Waals surface area contributed by atoms with Crippen LogP contribution in [-0.2, 0) is 0 Å². The van der Waals surface area contributed by atoms with Crippen LogP contribution in [0.25, 0.3) is 0 Å². The van der Waals surface area contributed by atoms with E-state index in [0.29, 0.717) is 12.0 Å². The summed E-state index contributed by atoms with van der Waals surface area (Å²) in [6, 6.07) is 0.358. The molecule has 0 saturated heterocycles. The summed E-state index contributed by atoms with van der Waals surface area (Å²) in [6.45, 7) is 5.51. The molecule has 0 spiro atoms. The van der Waals surface area contributed by atoms with Crippen molar-refractivity contribution in [3.8, 4) is 0 Å². The van der Waals surface area contributed by atoms with Gasteiger partial charge in [0.2, 0.25) is 0 Å². The lowest BCUT2D eigenvalue weighted by Crippen LogP contribution is -2.59. The molecule has 2 aliphatic rings. The second kappa shape index (κ2) is 9.04. The normalized spacial score (nSPS) is 34.5. The van der Waals surface area contributed by atoms with E-state index in [1.807, 2.05) is 25.0 Å². The molecule has 0 bridgehead atoms. The van der Waals surface area contributed by atoms with Crippen LogP contribution in [0.2, 0.25) is 0 Å². The van der Waals surface area contributed by atoms with Gasteiger partial charge in [0.25, 0.3) is 0 Å². The number of nitrogens with one attached hydrogen (secondary N) is 3. The van der Waals surface area contributed by atoms with Crippen LogP contribution in [0.3, 0.4) is 0 Å². The average molecular weight is 319 g/mol. The van der Waals surface area contributed by atoms with E-state index in [1.165, 1.54) is 25.0 Å². The van der Waals surface area contributed by atoms with E-state index in [-0.39, 0.29) is 6.17 Å². The minimum atomic E-state index is 0.258. The highest BCUT2D eigenvalue weighted by Crippen LogP contribution is 2.41. The fourth-order valence-corrected chi connectivity index (χ4v) is 3.68. The van der Waals surface area contributed by atoms with Crippen LogP contribution >= 0.6 is 11.8 Å². The highest BCUT2D eigenvalue weighted by atomic mass is 32.2. The number of hydrogen-bond acceptors (Lipinski definition) is 4. The Hall–Kier alpha value is -0.385. The van der Waals surface area contributed by atoms with Crippen molar-refractivity contribution in [2.45, 2.75) is 45.3 Å². The largest absolute Gasteiger partial charge is 0.375 e. The molecule has 122 valence electrons. The summed E-state index contributed by atoms with van der Waals surface area (Å²) < 4.78 is 0. The minimum absolute atomic E-state index is 0.258. The summed E-state index contributed by atoms with van der Waals surface area (Å²) >= 11 is 1.89. The van der Waals surface area contributed by atoms with Crippen molar-refractivity contribution in [3.63, 3.8) is 0 Å². The zero-order chi connectivity index (χ0) is 15.9. The number of likely N-dealkylation sites (N-methyl/N-ethyl adjacent to an activating group) is 1. The number of hydrogen-bond donors (Lipinski definition) is 3. The maximum atomic E-state index is 6.06. The molecule has 5 heteroatoms. The third-order valence-electron chi connectivity index (χ3n) is 4.91. The predicted molar refractivity (Wildman–Crippen MR) is 98.9 cm³/mol. The van der Waals surface area contributed by atoms with E-state index >= 15 is 0 Å². The van der Waals surface area contributed by atoms with E-state index in [1.54, 1.807) is 0 Å². The van der Waals surface area contributed by atoms with E-state index in [9.17, 15) is 0 Å². The Kier molecular flexibility index (Phi) is 7.38. The minimum Gasteiger partial charge on any atom is -0.375 e. The smallest absolute Gasteiger partial charge is 0.110 e. The molecule has 3 N–H and O–H groups in total. The van der Waals surface area contributed by atoms with Crippen LogP contribution < -0.4 is 16.0 Å². The standard InChI is InChI=1S/C17H30BN3S/c1-4-22-8-6-5-7-13-9-14(13)10-20-16-12(2)15(18)11-21-17(16)19-3/h6,8,11-14,16-17,19-21H,4-5,7,9-10H2,1-3H3/b8-6+/t12-,13-,14-,16?,17?/m0/s1. The van der Waals surface area contributed by atoms with Gasteiger partial charge < -0.3 is 10.6 Å². The maximum absolute atomic E-state index is 6.06. The van der Waals surface area contributed by atoms with Gasteiger partial charge in [-0.3, -0.25) is 5.32 Å². The molecule has 0 aromatic carbocycles. The Morgan fingerprint density at radius 2 is 2.27 bits per heavy atom. The zero-order valence-corrected chi connectivity index (χ0v) is 15.0. The number of rotatable bonds is 9. The van der Waals surface area contributed by atoms with Gasteiger partial charge in [-0.05, 0) is 68.0 Å². The van der Waals surface area contributed by atoms with Gasteiger partial charge in [-0.1, -0.05) is 25.4 Å². The van der Waals surface area contributed by atoms with Gasteiger partial charge in [-0.2, -0.15) is 0 Å². The Bertz CT molecular complexity index is 399. The summed E-state index contributed by atoms with van der Waals surface area (Å²) in [7, 11) is 8.06. The Labute approximate surface area is 141 Å². The van der Waals surface area contributed by atoms with Crippen molar-refractivity contribution in [1.29, 1.82) is 0 Å². The molecule has 0 amide bonds. The molecule has 0 aromatic rings. The summed E-state index contributed by atoms with van der Waals surface area (Å²) in [5, 5.41) is 12.7. The lowest BCUT2D eigenvalue weighted by atomic mass is 9.78. The third kappa shape index (κ3) is 5.07. The lowest BCUT2D eigenvalue weighted by molar-refractivity contribution is 0.286. The second-order valence-corrected chi connectivity index (χ2v) is 7.64. The van der Waals surface area contributed by atoms with Crippen LogP contribution in [0, 0.1) is 17.8 Å². The van der Waals surface area contributed by atoms with Gasteiger partial charge in [0.15, 0.2) is 0 Å². The van der Waals surface area contributed by atoms with Crippen LogP contribution in [0.1, 0.15) is 33.1 Å². The molecular formula is C17H30BN3S. The highest BCUT2D eigenvalue weighted by molar-refractivity contribution is 8.02. The van der Waals surface area contributed by atoms with E-state index in [4.69, 9.17) is 7.85 Å². The quantitative estimate of drug-likeness (QED) is 0.571. The van der Waals surface area contributed by atoms with Crippen molar-refractivity contribution in [2.24, 2.45) is 17.8 Å². The fraction of sp³-hybridized carbons (Fsp3) is 0.765. The van der Waals surface area contributed by atoms with Gasteiger partial charge >= 0.3 is 0 Å². The Balaban J connectivity index is 1.67. The van der Waals surface area contributed by atoms with Crippen LogP contribution in [0.4, 0.5) is 0 Å². The zero-order valence-electron chi connectivity index (χ0n) is 14.1. The van der Waals surface area contributed by atoms with Crippen molar-refractivity contribution >= 4 is 19.6 Å². The first-order valence-electron chi connectivity index (χ1n) is 8.56. The summed E-state index contributed by atoms with van der Waals surface area (Å²) in [4.78, 5) is 0. The molecule has 1 aliphatic carbocycles. The van der Waals surface area contributed by atoms with E-state index in [0.717, 1.165) is 23.9 Å². The first kappa shape index (κ1) is 18.0. The molecular weight excluding hydrogens is 289 g/mol. The van der Waals surface area contributed by atoms with Gasteiger partial charge in [0.05, 0.1) is 6.17 Å². The summed E-state index contributed by atoms with van der Waals surface area (Å²) in [6.07, 6.45) is 8.46. The molecule has 1 saturated carbocycles. The Morgan fingerprint density at radius 1 is 1.45 bits per heavy atom. The Morgan fingerprint density at radius 3 is 3.00 bits per heavy atom. The average Bonchev–Trinajstić information content (AvgIpc) is 3.27. The summed E-state index contributed by atoms with van der Waals surface area (Å²) in [5.41, 5.74) is 0.940. The van der Waals surface area contributed by atoms with Crippen molar-refractivity contribution in [2.75, 3.05) is 19.3 Å². The molecule has 0 aromatic heterocycles. The SMILES string of the molecule is [B]C1=CNC(NC)C(NC[C@@H]2C[C@@H]2CC/C=C/SCC)[C@H]1C. The van der Waals surface area contributed by atoms with Crippen molar-refractivity contribution < 1.29 is 0 Å². The second-order valence-electron chi connectivity index (χ2n) is 6.46. The van der Waals surface area contributed by atoms with Gasteiger partial charge in [-0.15, -0.1) is 11.8 Å². The first-order valence-corrected chi connectivity index (χ1v) is 9.61. The van der Waals surface area contributed by atoms with E-state index < -0.39 is 0 Å². The molecule has 2 unspecified atom stereocenters. The molecule has 3 nitrogen and oxygen atoms in total. The topological polar surface area (TPSA) is 36.1 Å². The molecule has 1 heterocycles. The van der Waals surface area contributed by atoms with E-state index in [2.05, 4.69) is 41.3 Å². The number of thioether (sulfide) groups is 1. The van der Waals surface area contributed by atoms with Gasteiger partial charge in [0, 0.05) is 6.04 Å². The van der Waals surface area contributed by atoms with Crippen LogP contribution in [-0.4, -0.2) is 39.4 Å².